The van der Waals surface area contributed by atoms with Crippen molar-refractivity contribution >= 4 is 11.6 Å². The third-order valence-electron chi connectivity index (χ3n) is 2.11. The molecule has 0 unspecified atom stereocenters. The van der Waals surface area contributed by atoms with Gasteiger partial charge in [-0.15, -0.1) is 0 Å². The van der Waals surface area contributed by atoms with Crippen molar-refractivity contribution in [1.82, 2.24) is 4.98 Å². The van der Waals surface area contributed by atoms with Crippen molar-refractivity contribution in [2.75, 3.05) is 0 Å². The lowest BCUT2D eigenvalue weighted by Crippen LogP contribution is -1.99. The largest absolute Gasteiger partial charge is 0.486 e. The first-order chi connectivity index (χ1) is 8.16. The average Bonchev–Trinajstić information content (AvgIpc) is 2.32. The fourth-order valence-corrected chi connectivity index (χ4v) is 1.44. The van der Waals surface area contributed by atoms with Crippen LogP contribution in [0.4, 0.5) is 8.78 Å². The van der Waals surface area contributed by atoms with Gasteiger partial charge in [-0.3, -0.25) is 0 Å². The second-order valence-corrected chi connectivity index (χ2v) is 3.67. The van der Waals surface area contributed by atoms with E-state index in [0.29, 0.717) is 5.56 Å². The molecular weight excluding hydrogens is 248 g/mol. The SMILES string of the molecule is Fc1ccc(F)c(OCc2cccnc2Cl)c1. The molecule has 0 bridgehead atoms. The molecule has 2 nitrogen and oxygen atoms in total. The molecule has 1 heterocycles. The molecule has 1 aromatic heterocycles. The van der Waals surface area contributed by atoms with Crippen molar-refractivity contribution in [2.24, 2.45) is 0 Å². The Balaban J connectivity index is 2.12. The van der Waals surface area contributed by atoms with Crippen LogP contribution in [0.5, 0.6) is 5.75 Å². The number of benzene rings is 1. The number of aromatic nitrogens is 1. The molecule has 17 heavy (non-hydrogen) atoms. The van der Waals surface area contributed by atoms with Gasteiger partial charge in [0, 0.05) is 17.8 Å². The molecule has 0 atom stereocenters. The summed E-state index contributed by atoms with van der Waals surface area (Å²) < 4.78 is 31.2. The van der Waals surface area contributed by atoms with E-state index in [2.05, 4.69) is 4.98 Å². The van der Waals surface area contributed by atoms with Crippen molar-refractivity contribution in [1.29, 1.82) is 0 Å². The van der Waals surface area contributed by atoms with Gasteiger partial charge in [-0.05, 0) is 18.2 Å². The zero-order valence-corrected chi connectivity index (χ0v) is 9.42. The van der Waals surface area contributed by atoms with Crippen molar-refractivity contribution in [3.05, 3.63) is 58.9 Å². The van der Waals surface area contributed by atoms with Crippen LogP contribution in [-0.2, 0) is 6.61 Å². The van der Waals surface area contributed by atoms with Crippen LogP contribution in [0.15, 0.2) is 36.5 Å². The Hall–Kier alpha value is -1.68. The van der Waals surface area contributed by atoms with E-state index in [4.69, 9.17) is 16.3 Å². The van der Waals surface area contributed by atoms with E-state index in [1.807, 2.05) is 0 Å². The summed E-state index contributed by atoms with van der Waals surface area (Å²) in [7, 11) is 0. The predicted molar refractivity (Wildman–Crippen MR) is 59.9 cm³/mol. The fourth-order valence-electron chi connectivity index (χ4n) is 1.27. The van der Waals surface area contributed by atoms with Crippen molar-refractivity contribution < 1.29 is 13.5 Å². The molecule has 0 fully saturated rings. The molecule has 88 valence electrons. The maximum Gasteiger partial charge on any atom is 0.165 e. The third kappa shape index (κ3) is 2.91. The van der Waals surface area contributed by atoms with E-state index in [1.165, 1.54) is 6.20 Å². The molecule has 0 amide bonds. The zero-order valence-electron chi connectivity index (χ0n) is 8.66. The van der Waals surface area contributed by atoms with Gasteiger partial charge in [0.15, 0.2) is 11.6 Å². The number of hydrogen-bond acceptors (Lipinski definition) is 2. The Bertz CT molecular complexity index is 534. The molecule has 5 heteroatoms. The summed E-state index contributed by atoms with van der Waals surface area (Å²) in [6.07, 6.45) is 1.54. The van der Waals surface area contributed by atoms with Crippen LogP contribution in [0.2, 0.25) is 5.15 Å². The highest BCUT2D eigenvalue weighted by Crippen LogP contribution is 2.20. The highest BCUT2D eigenvalue weighted by molar-refractivity contribution is 6.30. The highest BCUT2D eigenvalue weighted by atomic mass is 35.5. The number of nitrogens with zero attached hydrogens (tertiary/aromatic N) is 1. The van der Waals surface area contributed by atoms with Gasteiger partial charge < -0.3 is 4.74 Å². The Morgan fingerprint density at radius 2 is 2.06 bits per heavy atom. The van der Waals surface area contributed by atoms with Crippen LogP contribution < -0.4 is 4.74 Å². The van der Waals surface area contributed by atoms with Gasteiger partial charge in [-0.2, -0.15) is 0 Å². The molecule has 0 N–H and O–H groups in total. The maximum atomic E-state index is 13.2. The van der Waals surface area contributed by atoms with E-state index in [9.17, 15) is 8.78 Å². The van der Waals surface area contributed by atoms with E-state index < -0.39 is 11.6 Å². The minimum Gasteiger partial charge on any atom is -0.486 e. The Morgan fingerprint density at radius 1 is 1.24 bits per heavy atom. The highest BCUT2D eigenvalue weighted by Gasteiger charge is 2.07. The molecule has 0 saturated heterocycles. The van der Waals surface area contributed by atoms with Crippen LogP contribution in [0.25, 0.3) is 0 Å². The standard InChI is InChI=1S/C12H8ClF2NO/c13-12-8(2-1-5-16-12)7-17-11-6-9(14)3-4-10(11)15/h1-6H,7H2. The summed E-state index contributed by atoms with van der Waals surface area (Å²) in [6.45, 7) is 0.0348. The molecule has 2 aromatic rings. The smallest absolute Gasteiger partial charge is 0.165 e. The first-order valence-corrected chi connectivity index (χ1v) is 5.22. The minimum atomic E-state index is -0.619. The topological polar surface area (TPSA) is 22.1 Å². The molecule has 0 saturated carbocycles. The monoisotopic (exact) mass is 255 g/mol. The normalized spacial score (nSPS) is 10.3. The van der Waals surface area contributed by atoms with E-state index in [0.717, 1.165) is 18.2 Å². The summed E-state index contributed by atoms with van der Waals surface area (Å²) in [6, 6.07) is 6.41. The third-order valence-corrected chi connectivity index (χ3v) is 2.45. The van der Waals surface area contributed by atoms with E-state index in [-0.39, 0.29) is 17.5 Å². The van der Waals surface area contributed by atoms with E-state index >= 15 is 0 Å². The summed E-state index contributed by atoms with van der Waals surface area (Å²) in [5, 5.41) is 0.282. The summed E-state index contributed by atoms with van der Waals surface area (Å²) in [5.41, 5.74) is 0.609. The van der Waals surface area contributed by atoms with Gasteiger partial charge in [0.2, 0.25) is 0 Å². The number of rotatable bonds is 3. The molecule has 0 aliphatic heterocycles. The Labute approximate surface area is 102 Å². The lowest BCUT2D eigenvalue weighted by atomic mass is 10.3. The molecule has 2 rings (SSSR count). The van der Waals surface area contributed by atoms with Gasteiger partial charge in [0.25, 0.3) is 0 Å². The van der Waals surface area contributed by atoms with Crippen LogP contribution in [0, 0.1) is 11.6 Å². The number of ether oxygens (including phenoxy) is 1. The zero-order chi connectivity index (χ0) is 12.3. The number of halogens is 3. The fraction of sp³-hybridized carbons (Fsp3) is 0.0833. The predicted octanol–water partition coefficient (Wildman–Crippen LogP) is 3.59. The van der Waals surface area contributed by atoms with Gasteiger partial charge in [0.1, 0.15) is 17.6 Å². The molecular formula is C12H8ClF2NO. The Morgan fingerprint density at radius 3 is 2.82 bits per heavy atom. The van der Waals surface area contributed by atoms with E-state index in [1.54, 1.807) is 12.1 Å². The van der Waals surface area contributed by atoms with Crippen LogP contribution in [0.3, 0.4) is 0 Å². The van der Waals surface area contributed by atoms with Crippen molar-refractivity contribution in [3.8, 4) is 5.75 Å². The number of hydrogen-bond donors (Lipinski definition) is 0. The van der Waals surface area contributed by atoms with Crippen molar-refractivity contribution in [2.45, 2.75) is 6.61 Å². The summed E-state index contributed by atoms with van der Waals surface area (Å²) in [5.74, 6) is -1.32. The van der Waals surface area contributed by atoms with Gasteiger partial charge in [-0.1, -0.05) is 17.7 Å². The summed E-state index contributed by atoms with van der Waals surface area (Å²) >= 11 is 5.80. The molecule has 0 aliphatic rings. The molecule has 0 radical (unpaired) electrons. The molecule has 1 aromatic carbocycles. The van der Waals surface area contributed by atoms with Crippen LogP contribution in [-0.4, -0.2) is 4.98 Å². The molecule has 0 spiro atoms. The first kappa shape index (κ1) is 11.8. The van der Waals surface area contributed by atoms with Crippen molar-refractivity contribution in [3.63, 3.8) is 0 Å². The quantitative estimate of drug-likeness (QED) is 0.782. The lowest BCUT2D eigenvalue weighted by molar-refractivity contribution is 0.288. The molecule has 0 aliphatic carbocycles. The van der Waals surface area contributed by atoms with Crippen LogP contribution in [0.1, 0.15) is 5.56 Å². The second kappa shape index (κ2) is 5.10. The number of pyridine rings is 1. The lowest BCUT2D eigenvalue weighted by Gasteiger charge is -2.07. The maximum absolute atomic E-state index is 13.2. The summed E-state index contributed by atoms with van der Waals surface area (Å²) in [4.78, 5) is 3.85. The van der Waals surface area contributed by atoms with Gasteiger partial charge in [0.05, 0.1) is 0 Å². The minimum absolute atomic E-state index is 0.0348. The van der Waals surface area contributed by atoms with Gasteiger partial charge >= 0.3 is 0 Å². The Kier molecular flexibility index (Phi) is 3.54. The van der Waals surface area contributed by atoms with Crippen LogP contribution >= 0.6 is 11.6 Å². The second-order valence-electron chi connectivity index (χ2n) is 3.32. The first-order valence-electron chi connectivity index (χ1n) is 4.84. The average molecular weight is 256 g/mol. The van der Waals surface area contributed by atoms with Gasteiger partial charge in [-0.25, -0.2) is 13.8 Å².